The summed E-state index contributed by atoms with van der Waals surface area (Å²) in [7, 11) is 2.20. The summed E-state index contributed by atoms with van der Waals surface area (Å²) in [6.45, 7) is 1.91. The lowest BCUT2D eigenvalue weighted by atomic mass is 9.97. The van der Waals surface area contributed by atoms with Gasteiger partial charge in [0.25, 0.3) is 5.91 Å². The van der Waals surface area contributed by atoms with E-state index < -0.39 is 0 Å². The van der Waals surface area contributed by atoms with Gasteiger partial charge in [-0.3, -0.25) is 9.89 Å². The SMILES string of the molecule is Cc1[nH]nc2nc(-c3ccc(O)cc3)cc(C(=O)NC3C[C@H]4CC[C@H](C3)N4C)c12. The van der Waals surface area contributed by atoms with Gasteiger partial charge < -0.3 is 15.3 Å². The maximum Gasteiger partial charge on any atom is 0.252 e. The third-order valence-electron chi connectivity index (χ3n) is 6.55. The number of benzene rings is 1. The van der Waals surface area contributed by atoms with Gasteiger partial charge in [0, 0.05) is 29.4 Å². The van der Waals surface area contributed by atoms with Gasteiger partial charge in [-0.05, 0) is 70.0 Å². The van der Waals surface area contributed by atoms with Crippen molar-refractivity contribution in [3.8, 4) is 17.0 Å². The fourth-order valence-corrected chi connectivity index (χ4v) is 4.93. The maximum absolute atomic E-state index is 13.3. The van der Waals surface area contributed by atoms with E-state index in [-0.39, 0.29) is 17.7 Å². The van der Waals surface area contributed by atoms with Crippen LogP contribution < -0.4 is 5.32 Å². The third-order valence-corrected chi connectivity index (χ3v) is 6.55. The van der Waals surface area contributed by atoms with Crippen molar-refractivity contribution in [2.75, 3.05) is 7.05 Å². The van der Waals surface area contributed by atoms with E-state index in [1.807, 2.05) is 13.0 Å². The lowest BCUT2D eigenvalue weighted by molar-refractivity contribution is 0.0884. The molecule has 0 aliphatic carbocycles. The summed E-state index contributed by atoms with van der Waals surface area (Å²) in [6, 6.07) is 9.98. The van der Waals surface area contributed by atoms with Crippen LogP contribution in [0.5, 0.6) is 5.75 Å². The third kappa shape index (κ3) is 3.15. The van der Waals surface area contributed by atoms with Crippen molar-refractivity contribution in [1.82, 2.24) is 25.4 Å². The van der Waals surface area contributed by atoms with Crippen molar-refractivity contribution >= 4 is 16.9 Å². The summed E-state index contributed by atoms with van der Waals surface area (Å²) in [5, 5.41) is 20.8. The van der Waals surface area contributed by atoms with Crippen LogP contribution in [0.15, 0.2) is 30.3 Å². The number of aromatic hydroxyl groups is 1. The molecule has 5 rings (SSSR count). The molecular weight excluding hydrogens is 366 g/mol. The lowest BCUT2D eigenvalue weighted by Crippen LogP contribution is -2.48. The van der Waals surface area contributed by atoms with Gasteiger partial charge >= 0.3 is 0 Å². The second-order valence-corrected chi connectivity index (χ2v) is 8.34. The van der Waals surface area contributed by atoms with Crippen molar-refractivity contribution in [1.29, 1.82) is 0 Å². The molecule has 3 aromatic rings. The zero-order valence-corrected chi connectivity index (χ0v) is 16.6. The monoisotopic (exact) mass is 391 g/mol. The molecule has 4 heterocycles. The van der Waals surface area contributed by atoms with Gasteiger partial charge in [0.1, 0.15) is 5.75 Å². The Kier molecular flexibility index (Phi) is 4.28. The number of carbonyl (C=O) groups excluding carboxylic acids is 1. The first kappa shape index (κ1) is 18.1. The highest BCUT2D eigenvalue weighted by Gasteiger charge is 2.39. The Morgan fingerprint density at radius 3 is 2.59 bits per heavy atom. The van der Waals surface area contributed by atoms with Gasteiger partial charge in [-0.25, -0.2) is 4.98 Å². The summed E-state index contributed by atoms with van der Waals surface area (Å²) in [6.07, 6.45) is 4.45. The summed E-state index contributed by atoms with van der Waals surface area (Å²) in [5.74, 6) is 0.121. The number of piperidine rings is 1. The van der Waals surface area contributed by atoms with Crippen LogP contribution in [0.1, 0.15) is 41.7 Å². The van der Waals surface area contributed by atoms with Crippen molar-refractivity contribution < 1.29 is 9.90 Å². The molecule has 0 spiro atoms. The minimum absolute atomic E-state index is 0.0733. The number of amides is 1. The molecule has 7 heteroatoms. The standard InChI is InChI=1S/C22H25N5O2/c1-12-20-18(22(29)23-14-9-15-5-6-16(10-14)27(15)2)11-19(24-21(20)26-25-12)13-3-7-17(28)8-4-13/h3-4,7-8,11,14-16,28H,5-6,9-10H2,1-2H3,(H,23,29)(H,24,25,26)/t15-,16-/m1/s1. The van der Waals surface area contributed by atoms with Crippen LogP contribution in [0.25, 0.3) is 22.3 Å². The Morgan fingerprint density at radius 2 is 1.90 bits per heavy atom. The second-order valence-electron chi connectivity index (χ2n) is 8.34. The topological polar surface area (TPSA) is 94.1 Å². The average molecular weight is 391 g/mol. The highest BCUT2D eigenvalue weighted by molar-refractivity contribution is 6.07. The summed E-state index contributed by atoms with van der Waals surface area (Å²) in [5.41, 5.74) is 3.45. The van der Waals surface area contributed by atoms with E-state index in [0.717, 1.165) is 29.5 Å². The van der Waals surface area contributed by atoms with Gasteiger partial charge in [-0.15, -0.1) is 0 Å². The molecule has 2 aliphatic rings. The molecule has 2 atom stereocenters. The quantitative estimate of drug-likeness (QED) is 0.638. The number of H-pyrrole nitrogens is 1. The Balaban J connectivity index is 1.49. The predicted octanol–water partition coefficient (Wildman–Crippen LogP) is 2.99. The normalized spacial score (nSPS) is 24.1. The number of pyridine rings is 1. The largest absolute Gasteiger partial charge is 0.508 e. The molecule has 7 nitrogen and oxygen atoms in total. The van der Waals surface area contributed by atoms with Crippen LogP contribution >= 0.6 is 0 Å². The maximum atomic E-state index is 13.3. The van der Waals surface area contributed by atoms with Gasteiger partial charge in [-0.1, -0.05) is 0 Å². The van der Waals surface area contributed by atoms with Crippen LogP contribution in [0, 0.1) is 6.92 Å². The number of hydrogen-bond acceptors (Lipinski definition) is 5. The van der Waals surface area contributed by atoms with Gasteiger partial charge in [-0.2, -0.15) is 5.10 Å². The van der Waals surface area contributed by atoms with Crippen molar-refractivity contribution in [2.45, 2.75) is 50.7 Å². The number of aryl methyl sites for hydroxylation is 1. The molecule has 29 heavy (non-hydrogen) atoms. The van der Waals surface area contributed by atoms with Crippen LogP contribution in [-0.4, -0.2) is 56.3 Å². The van der Waals surface area contributed by atoms with Gasteiger partial charge in [0.2, 0.25) is 0 Å². The number of nitrogens with zero attached hydrogens (tertiary/aromatic N) is 3. The molecule has 0 radical (unpaired) electrons. The highest BCUT2D eigenvalue weighted by Crippen LogP contribution is 2.34. The molecule has 0 unspecified atom stereocenters. The van der Waals surface area contributed by atoms with E-state index in [0.29, 0.717) is 29.0 Å². The number of fused-ring (bicyclic) bond motifs is 3. The smallest absolute Gasteiger partial charge is 0.252 e. The van der Waals surface area contributed by atoms with E-state index >= 15 is 0 Å². The second kappa shape index (κ2) is 6.84. The molecule has 2 aliphatic heterocycles. The van der Waals surface area contributed by atoms with Gasteiger partial charge in [0.15, 0.2) is 5.65 Å². The molecule has 2 saturated heterocycles. The molecule has 2 bridgehead atoms. The van der Waals surface area contributed by atoms with Crippen LogP contribution in [-0.2, 0) is 0 Å². The zero-order valence-electron chi connectivity index (χ0n) is 16.6. The van der Waals surface area contributed by atoms with Crippen LogP contribution in [0.4, 0.5) is 0 Å². The Bertz CT molecular complexity index is 1060. The number of phenolic OH excluding ortho intramolecular Hbond substituents is 1. The van der Waals surface area contributed by atoms with Crippen molar-refractivity contribution in [2.24, 2.45) is 0 Å². The molecule has 2 aromatic heterocycles. The summed E-state index contributed by atoms with van der Waals surface area (Å²) >= 11 is 0. The number of carbonyl (C=O) groups is 1. The first-order chi connectivity index (χ1) is 14.0. The Morgan fingerprint density at radius 1 is 1.21 bits per heavy atom. The lowest BCUT2D eigenvalue weighted by Gasteiger charge is -2.36. The summed E-state index contributed by atoms with van der Waals surface area (Å²) < 4.78 is 0. The van der Waals surface area contributed by atoms with Crippen LogP contribution in [0.2, 0.25) is 0 Å². The van der Waals surface area contributed by atoms with Crippen molar-refractivity contribution in [3.05, 3.63) is 41.6 Å². The first-order valence-corrected chi connectivity index (χ1v) is 10.2. The molecule has 1 aromatic carbocycles. The van der Waals surface area contributed by atoms with E-state index in [4.69, 9.17) is 0 Å². The molecular formula is C22H25N5O2. The Hall–Kier alpha value is -2.93. The van der Waals surface area contributed by atoms with Crippen LogP contribution in [0.3, 0.4) is 0 Å². The molecule has 150 valence electrons. The summed E-state index contributed by atoms with van der Waals surface area (Å²) in [4.78, 5) is 20.4. The number of phenols is 1. The minimum atomic E-state index is -0.0733. The molecule has 0 saturated carbocycles. The molecule has 1 amide bonds. The number of aromatic nitrogens is 3. The molecule has 2 fully saturated rings. The fraction of sp³-hybridized carbons (Fsp3) is 0.409. The molecule has 3 N–H and O–H groups in total. The van der Waals surface area contributed by atoms with Gasteiger partial charge in [0.05, 0.1) is 16.6 Å². The highest BCUT2D eigenvalue weighted by atomic mass is 16.3. The number of hydrogen-bond donors (Lipinski definition) is 3. The fourth-order valence-electron chi connectivity index (χ4n) is 4.93. The van der Waals surface area contributed by atoms with E-state index in [1.165, 1.54) is 12.8 Å². The van der Waals surface area contributed by atoms with E-state index in [1.54, 1.807) is 24.3 Å². The first-order valence-electron chi connectivity index (χ1n) is 10.2. The average Bonchev–Trinajstić information content (AvgIpc) is 3.16. The minimum Gasteiger partial charge on any atom is -0.508 e. The predicted molar refractivity (Wildman–Crippen MR) is 111 cm³/mol. The van der Waals surface area contributed by atoms with E-state index in [9.17, 15) is 9.90 Å². The van der Waals surface area contributed by atoms with E-state index in [2.05, 4.69) is 32.4 Å². The number of aromatic amines is 1. The number of nitrogens with one attached hydrogen (secondary N) is 2. The van der Waals surface area contributed by atoms with Crippen molar-refractivity contribution in [3.63, 3.8) is 0 Å². The zero-order chi connectivity index (χ0) is 20.1. The Labute approximate surface area is 169 Å². The number of rotatable bonds is 3.